The molecule has 3 saturated heterocycles. The van der Waals surface area contributed by atoms with Gasteiger partial charge < -0.3 is 14.4 Å². The smallest absolute Gasteiger partial charge is 0.249 e. The summed E-state index contributed by atoms with van der Waals surface area (Å²) in [4.78, 5) is 14.6. The monoisotopic (exact) mass is 351 g/mol. The Hall–Kier alpha value is -0.520. The number of carbonyl (C=O) groups excluding carboxylic acids is 1. The van der Waals surface area contributed by atoms with Gasteiger partial charge in [0.05, 0.1) is 10.9 Å². The highest BCUT2D eigenvalue weighted by molar-refractivity contribution is 8.01. The van der Waals surface area contributed by atoms with Gasteiger partial charge in [0.2, 0.25) is 5.91 Å². The van der Waals surface area contributed by atoms with Crippen LogP contribution in [0.5, 0.6) is 0 Å². The minimum Gasteiger partial charge on any atom is -0.381 e. The maximum atomic E-state index is 12.5. The normalized spacial score (nSPS) is 30.2. The van der Waals surface area contributed by atoms with Crippen LogP contribution >= 0.6 is 11.8 Å². The van der Waals surface area contributed by atoms with Gasteiger partial charge >= 0.3 is 0 Å². The Balaban J connectivity index is 1.21. The molecule has 1 amide bonds. The van der Waals surface area contributed by atoms with Crippen LogP contribution in [-0.2, 0) is 14.3 Å². The topological polar surface area (TPSA) is 38.8 Å². The molecule has 4 nitrogen and oxygen atoms in total. The predicted octanol–water partition coefficient (Wildman–Crippen LogP) is 3.02. The van der Waals surface area contributed by atoms with E-state index in [9.17, 15) is 4.79 Å². The highest BCUT2D eigenvalue weighted by Gasteiger charge is 2.51. The molecule has 0 N–H and O–H groups in total. The molecule has 0 aromatic rings. The summed E-state index contributed by atoms with van der Waals surface area (Å²) in [5.74, 6) is 2.07. The van der Waals surface area contributed by atoms with Crippen molar-refractivity contribution in [3.05, 3.63) is 11.6 Å². The number of ether oxygens (including phenoxy) is 2. The molecule has 1 aliphatic carbocycles. The minimum atomic E-state index is 0.283. The fraction of sp³-hybridized carbons (Fsp3) is 0.842. The molecule has 0 saturated carbocycles. The third kappa shape index (κ3) is 3.68. The molecule has 1 atom stereocenters. The van der Waals surface area contributed by atoms with Crippen LogP contribution in [0.15, 0.2) is 11.6 Å². The van der Waals surface area contributed by atoms with Gasteiger partial charge in [-0.15, -0.1) is 11.8 Å². The number of allylic oxidation sites excluding steroid dienone is 1. The van der Waals surface area contributed by atoms with Gasteiger partial charge in [0.25, 0.3) is 0 Å². The van der Waals surface area contributed by atoms with E-state index in [1.807, 2.05) is 11.8 Å². The van der Waals surface area contributed by atoms with E-state index in [2.05, 4.69) is 11.0 Å². The standard InChI is InChI=1S/C19H29NO3S/c21-18(16-4-2-1-3-5-16)20-13-19(14-20)10-17(12-24-19)23-11-15-6-8-22-9-7-15/h4,15,17H,1-3,5-14H2/t17-/m1/s1. The summed E-state index contributed by atoms with van der Waals surface area (Å²) >= 11 is 2.03. The highest BCUT2D eigenvalue weighted by atomic mass is 32.2. The van der Waals surface area contributed by atoms with Crippen molar-refractivity contribution >= 4 is 17.7 Å². The number of hydrogen-bond donors (Lipinski definition) is 0. The summed E-state index contributed by atoms with van der Waals surface area (Å²) < 4.78 is 11.9. The van der Waals surface area contributed by atoms with Crippen LogP contribution in [0.3, 0.4) is 0 Å². The third-order valence-corrected chi connectivity index (χ3v) is 7.47. The largest absolute Gasteiger partial charge is 0.381 e. The fourth-order valence-electron chi connectivity index (χ4n) is 4.34. The Morgan fingerprint density at radius 1 is 1.33 bits per heavy atom. The minimum absolute atomic E-state index is 0.283. The lowest BCUT2D eigenvalue weighted by Gasteiger charge is -2.48. The first-order valence-corrected chi connectivity index (χ1v) is 10.5. The van der Waals surface area contributed by atoms with Gasteiger partial charge in [0.15, 0.2) is 0 Å². The van der Waals surface area contributed by atoms with E-state index in [1.165, 1.54) is 12.8 Å². The van der Waals surface area contributed by atoms with Gasteiger partial charge in [-0.25, -0.2) is 0 Å². The molecule has 24 heavy (non-hydrogen) atoms. The maximum Gasteiger partial charge on any atom is 0.249 e. The van der Waals surface area contributed by atoms with Crippen LogP contribution in [0.4, 0.5) is 0 Å². The molecule has 4 rings (SSSR count). The van der Waals surface area contributed by atoms with E-state index in [1.54, 1.807) is 0 Å². The van der Waals surface area contributed by atoms with Crippen molar-refractivity contribution < 1.29 is 14.3 Å². The molecule has 0 unspecified atom stereocenters. The van der Waals surface area contributed by atoms with Crippen molar-refractivity contribution in [3.63, 3.8) is 0 Å². The second kappa shape index (κ2) is 7.38. The fourth-order valence-corrected chi connectivity index (χ4v) is 5.90. The van der Waals surface area contributed by atoms with Crippen LogP contribution < -0.4 is 0 Å². The lowest BCUT2D eigenvalue weighted by Crippen LogP contribution is -2.61. The van der Waals surface area contributed by atoms with Gasteiger partial charge in [-0.3, -0.25) is 4.79 Å². The van der Waals surface area contributed by atoms with Crippen molar-refractivity contribution in [1.29, 1.82) is 0 Å². The number of rotatable bonds is 4. The summed E-state index contributed by atoms with van der Waals surface area (Å²) in [6, 6.07) is 0. The molecular formula is C19H29NO3S. The SMILES string of the molecule is O=C(C1=CCCCC1)N1CC2(C[C@@H](OCC3CCOCC3)CS2)C1. The van der Waals surface area contributed by atoms with Gasteiger partial charge in [-0.05, 0) is 50.9 Å². The van der Waals surface area contributed by atoms with Crippen molar-refractivity contribution in [1.82, 2.24) is 4.90 Å². The van der Waals surface area contributed by atoms with Gasteiger partial charge in [0.1, 0.15) is 0 Å². The molecule has 3 aliphatic heterocycles. The van der Waals surface area contributed by atoms with Crippen LogP contribution in [0.2, 0.25) is 0 Å². The van der Waals surface area contributed by atoms with Crippen LogP contribution in [0.1, 0.15) is 44.9 Å². The Bertz CT molecular complexity index is 495. The molecule has 0 aromatic carbocycles. The van der Waals surface area contributed by atoms with Gasteiger partial charge in [0, 0.05) is 44.2 Å². The first-order valence-electron chi connectivity index (χ1n) is 9.56. The number of nitrogens with zero attached hydrogens (tertiary/aromatic N) is 1. The number of amides is 1. The zero-order chi connectivity index (χ0) is 16.4. The summed E-state index contributed by atoms with van der Waals surface area (Å²) in [6.07, 6.45) is 10.4. The molecule has 0 bridgehead atoms. The van der Waals surface area contributed by atoms with E-state index in [-0.39, 0.29) is 4.75 Å². The number of likely N-dealkylation sites (tertiary alicyclic amines) is 1. The Morgan fingerprint density at radius 2 is 2.17 bits per heavy atom. The second-order valence-electron chi connectivity index (χ2n) is 7.85. The first-order chi connectivity index (χ1) is 11.7. The zero-order valence-electron chi connectivity index (χ0n) is 14.5. The average Bonchev–Trinajstić information content (AvgIpc) is 3.04. The Morgan fingerprint density at radius 3 is 2.92 bits per heavy atom. The average molecular weight is 352 g/mol. The van der Waals surface area contributed by atoms with Crippen LogP contribution in [0, 0.1) is 5.92 Å². The molecule has 5 heteroatoms. The highest BCUT2D eigenvalue weighted by Crippen LogP contribution is 2.46. The third-order valence-electron chi connectivity index (χ3n) is 5.89. The zero-order valence-corrected chi connectivity index (χ0v) is 15.3. The number of thioether (sulfide) groups is 1. The van der Waals surface area contributed by atoms with E-state index in [0.717, 1.165) is 76.3 Å². The Labute approximate surface area is 149 Å². The second-order valence-corrected chi connectivity index (χ2v) is 9.33. The van der Waals surface area contributed by atoms with Crippen molar-refractivity contribution in [2.75, 3.05) is 38.7 Å². The van der Waals surface area contributed by atoms with Gasteiger partial charge in [-0.2, -0.15) is 0 Å². The lowest BCUT2D eigenvalue weighted by molar-refractivity contribution is -0.132. The molecule has 0 radical (unpaired) electrons. The Kier molecular flexibility index (Phi) is 5.21. The van der Waals surface area contributed by atoms with Crippen LogP contribution in [0.25, 0.3) is 0 Å². The molecule has 1 spiro atoms. The lowest BCUT2D eigenvalue weighted by atomic mass is 9.90. The molecule has 3 fully saturated rings. The van der Waals surface area contributed by atoms with E-state index in [4.69, 9.17) is 9.47 Å². The van der Waals surface area contributed by atoms with E-state index in [0.29, 0.717) is 17.9 Å². The summed E-state index contributed by atoms with van der Waals surface area (Å²) in [5, 5.41) is 0. The first kappa shape index (κ1) is 16.9. The summed E-state index contributed by atoms with van der Waals surface area (Å²) in [7, 11) is 0. The summed E-state index contributed by atoms with van der Waals surface area (Å²) in [5.41, 5.74) is 1.06. The van der Waals surface area contributed by atoms with Crippen molar-refractivity contribution in [2.45, 2.75) is 55.8 Å². The maximum absolute atomic E-state index is 12.5. The molecule has 0 aromatic heterocycles. The summed E-state index contributed by atoms with van der Waals surface area (Å²) in [6.45, 7) is 4.52. The van der Waals surface area contributed by atoms with Crippen LogP contribution in [-0.4, -0.2) is 60.3 Å². The molecule has 3 heterocycles. The molecule has 4 aliphatic rings. The van der Waals surface area contributed by atoms with Gasteiger partial charge in [-0.1, -0.05) is 6.08 Å². The predicted molar refractivity (Wildman–Crippen MR) is 96.2 cm³/mol. The van der Waals surface area contributed by atoms with Crippen molar-refractivity contribution in [2.24, 2.45) is 5.92 Å². The van der Waals surface area contributed by atoms with Crippen molar-refractivity contribution in [3.8, 4) is 0 Å². The van der Waals surface area contributed by atoms with E-state index >= 15 is 0 Å². The molecular weight excluding hydrogens is 322 g/mol. The molecule has 134 valence electrons. The van der Waals surface area contributed by atoms with E-state index < -0.39 is 0 Å². The quantitative estimate of drug-likeness (QED) is 0.780. The number of carbonyl (C=O) groups is 1. The number of hydrogen-bond acceptors (Lipinski definition) is 4.